The molecule has 98 valence electrons. The standard InChI is InChI=1S/C6H5F9O/c1-2(16)3(7,8)4(9,10)5(11,12)6(13,14)15/h2,16H,1H3. The van der Waals surface area contributed by atoms with Crippen molar-refractivity contribution in [2.24, 2.45) is 0 Å². The summed E-state index contributed by atoms with van der Waals surface area (Å²) >= 11 is 0. The van der Waals surface area contributed by atoms with Crippen LogP contribution in [-0.4, -0.2) is 35.2 Å². The first-order valence-corrected chi connectivity index (χ1v) is 3.58. The fraction of sp³-hybridized carbons (Fsp3) is 1.00. The van der Waals surface area contributed by atoms with Gasteiger partial charge in [0.25, 0.3) is 0 Å². The van der Waals surface area contributed by atoms with Crippen molar-refractivity contribution in [1.29, 1.82) is 0 Å². The second kappa shape index (κ2) is 3.67. The van der Waals surface area contributed by atoms with Gasteiger partial charge in [-0.15, -0.1) is 0 Å². The molecule has 1 unspecified atom stereocenters. The van der Waals surface area contributed by atoms with Crippen LogP contribution >= 0.6 is 0 Å². The van der Waals surface area contributed by atoms with Gasteiger partial charge in [0.2, 0.25) is 0 Å². The molecule has 0 aliphatic rings. The van der Waals surface area contributed by atoms with E-state index in [4.69, 9.17) is 5.11 Å². The average molecular weight is 264 g/mol. The van der Waals surface area contributed by atoms with Crippen molar-refractivity contribution in [2.75, 3.05) is 0 Å². The highest BCUT2D eigenvalue weighted by atomic mass is 19.4. The van der Waals surface area contributed by atoms with Gasteiger partial charge in [0.15, 0.2) is 0 Å². The smallest absolute Gasteiger partial charge is 0.387 e. The number of rotatable bonds is 3. The highest BCUT2D eigenvalue weighted by Gasteiger charge is 2.82. The Bertz CT molecular complexity index is 253. The third-order valence-electron chi connectivity index (χ3n) is 1.69. The molecule has 1 N–H and O–H groups in total. The first-order chi connectivity index (χ1) is 6.69. The lowest BCUT2D eigenvalue weighted by Gasteiger charge is -2.34. The molecule has 0 aromatic rings. The van der Waals surface area contributed by atoms with Gasteiger partial charge in [0.05, 0.1) is 0 Å². The molecule has 0 saturated heterocycles. The van der Waals surface area contributed by atoms with Crippen LogP contribution < -0.4 is 0 Å². The Labute approximate surface area is 82.8 Å². The van der Waals surface area contributed by atoms with Crippen molar-refractivity contribution in [3.63, 3.8) is 0 Å². The summed E-state index contributed by atoms with van der Waals surface area (Å²) in [6.07, 6.45) is -10.2. The molecule has 0 radical (unpaired) electrons. The molecule has 0 heterocycles. The first kappa shape index (κ1) is 15.3. The fourth-order valence-corrected chi connectivity index (χ4v) is 0.650. The molecular formula is C6H5F9O. The lowest BCUT2D eigenvalue weighted by atomic mass is 10.00. The Morgan fingerprint density at radius 1 is 0.750 bits per heavy atom. The van der Waals surface area contributed by atoms with E-state index in [-0.39, 0.29) is 6.92 Å². The third-order valence-corrected chi connectivity index (χ3v) is 1.69. The Kier molecular flexibility index (Phi) is 3.52. The van der Waals surface area contributed by atoms with E-state index in [2.05, 4.69) is 0 Å². The highest BCUT2D eigenvalue weighted by molar-refractivity contribution is 5.02. The molecule has 0 spiro atoms. The SMILES string of the molecule is CC(O)C(F)(F)C(F)(F)C(F)(F)C(F)(F)F. The largest absolute Gasteiger partial charge is 0.460 e. The monoisotopic (exact) mass is 264 g/mol. The van der Waals surface area contributed by atoms with Crippen LogP contribution in [0.25, 0.3) is 0 Å². The van der Waals surface area contributed by atoms with E-state index in [1.54, 1.807) is 0 Å². The second-order valence-corrected chi connectivity index (χ2v) is 2.95. The van der Waals surface area contributed by atoms with Gasteiger partial charge < -0.3 is 5.11 Å². The zero-order valence-electron chi connectivity index (χ0n) is 7.43. The number of alkyl halides is 9. The topological polar surface area (TPSA) is 20.2 Å². The first-order valence-electron chi connectivity index (χ1n) is 3.58. The Balaban J connectivity index is 5.53. The predicted octanol–water partition coefficient (Wildman–Crippen LogP) is 2.84. The van der Waals surface area contributed by atoms with Crippen molar-refractivity contribution in [1.82, 2.24) is 0 Å². The van der Waals surface area contributed by atoms with Gasteiger partial charge in [-0.25, -0.2) is 0 Å². The summed E-state index contributed by atoms with van der Waals surface area (Å²) in [5.74, 6) is -19.6. The molecule has 0 rings (SSSR count). The maximum atomic E-state index is 12.4. The van der Waals surface area contributed by atoms with Crippen molar-refractivity contribution in [3.8, 4) is 0 Å². The van der Waals surface area contributed by atoms with Crippen molar-refractivity contribution >= 4 is 0 Å². The molecule has 0 amide bonds. The number of halogens is 9. The molecule has 0 aromatic carbocycles. The van der Waals surface area contributed by atoms with E-state index in [1.165, 1.54) is 0 Å². The average Bonchev–Trinajstić information content (AvgIpc) is 2.00. The van der Waals surface area contributed by atoms with Crippen molar-refractivity contribution in [2.45, 2.75) is 37.0 Å². The zero-order valence-corrected chi connectivity index (χ0v) is 7.43. The minimum atomic E-state index is -6.94. The third kappa shape index (κ3) is 1.94. The molecule has 16 heavy (non-hydrogen) atoms. The van der Waals surface area contributed by atoms with E-state index in [9.17, 15) is 39.5 Å². The summed E-state index contributed by atoms with van der Waals surface area (Å²) in [4.78, 5) is 0. The minimum Gasteiger partial charge on any atom is -0.387 e. The summed E-state index contributed by atoms with van der Waals surface area (Å²) in [5.41, 5.74) is 0. The van der Waals surface area contributed by atoms with Gasteiger partial charge in [-0.2, -0.15) is 39.5 Å². The van der Waals surface area contributed by atoms with Gasteiger partial charge in [-0.3, -0.25) is 0 Å². The number of aliphatic hydroxyl groups excluding tert-OH is 1. The summed E-state index contributed by atoms with van der Waals surface area (Å²) in [6.45, 7) is -0.0274. The van der Waals surface area contributed by atoms with E-state index >= 15 is 0 Å². The van der Waals surface area contributed by atoms with Crippen LogP contribution in [-0.2, 0) is 0 Å². The van der Waals surface area contributed by atoms with Gasteiger partial charge in [0.1, 0.15) is 6.10 Å². The van der Waals surface area contributed by atoms with Gasteiger partial charge in [0, 0.05) is 0 Å². The molecule has 0 aliphatic carbocycles. The molecule has 0 aliphatic heterocycles. The molecule has 0 saturated carbocycles. The van der Waals surface area contributed by atoms with E-state index in [1.807, 2.05) is 0 Å². The molecule has 10 heteroatoms. The summed E-state index contributed by atoms with van der Waals surface area (Å²) in [5, 5.41) is 8.11. The highest BCUT2D eigenvalue weighted by Crippen LogP contribution is 2.53. The molecule has 1 nitrogen and oxygen atoms in total. The van der Waals surface area contributed by atoms with Crippen LogP contribution in [0.4, 0.5) is 39.5 Å². The lowest BCUT2D eigenvalue weighted by Crippen LogP contribution is -2.63. The maximum absolute atomic E-state index is 12.4. The van der Waals surface area contributed by atoms with Crippen LogP contribution in [0.1, 0.15) is 6.92 Å². The summed E-state index contributed by atoms with van der Waals surface area (Å²) < 4.78 is 108. The molecule has 0 bridgehead atoms. The van der Waals surface area contributed by atoms with Crippen LogP contribution in [0.15, 0.2) is 0 Å². The molecule has 0 aromatic heterocycles. The van der Waals surface area contributed by atoms with E-state index < -0.39 is 30.0 Å². The van der Waals surface area contributed by atoms with E-state index in [0.717, 1.165) is 0 Å². The van der Waals surface area contributed by atoms with Crippen LogP contribution in [0.2, 0.25) is 0 Å². The van der Waals surface area contributed by atoms with Gasteiger partial charge >= 0.3 is 23.9 Å². The summed E-state index contributed by atoms with van der Waals surface area (Å²) in [7, 11) is 0. The van der Waals surface area contributed by atoms with Crippen LogP contribution in [0.3, 0.4) is 0 Å². The number of hydrogen-bond donors (Lipinski definition) is 1. The maximum Gasteiger partial charge on any atom is 0.460 e. The predicted molar refractivity (Wildman–Crippen MR) is 32.6 cm³/mol. The zero-order chi connectivity index (χ0) is 13.6. The number of aliphatic hydroxyl groups is 1. The Morgan fingerprint density at radius 3 is 1.25 bits per heavy atom. The lowest BCUT2D eigenvalue weighted by molar-refractivity contribution is -0.404. The van der Waals surface area contributed by atoms with Crippen molar-refractivity contribution in [3.05, 3.63) is 0 Å². The Morgan fingerprint density at radius 2 is 1.06 bits per heavy atom. The fourth-order valence-electron chi connectivity index (χ4n) is 0.650. The Hall–Kier alpha value is -0.670. The van der Waals surface area contributed by atoms with E-state index in [0.29, 0.717) is 0 Å². The van der Waals surface area contributed by atoms with Crippen molar-refractivity contribution < 1.29 is 44.6 Å². The molecule has 0 fully saturated rings. The quantitative estimate of drug-likeness (QED) is 0.777. The van der Waals surface area contributed by atoms with Crippen LogP contribution in [0, 0.1) is 0 Å². The molecule has 1 atom stereocenters. The van der Waals surface area contributed by atoms with Crippen LogP contribution in [0.5, 0.6) is 0 Å². The minimum absolute atomic E-state index is 0.0274. The normalized spacial score (nSPS) is 17.4. The summed E-state index contributed by atoms with van der Waals surface area (Å²) in [6, 6.07) is 0. The van der Waals surface area contributed by atoms with Gasteiger partial charge in [-0.05, 0) is 6.92 Å². The molecular weight excluding hydrogens is 259 g/mol. The number of hydrogen-bond acceptors (Lipinski definition) is 1. The second-order valence-electron chi connectivity index (χ2n) is 2.95. The van der Waals surface area contributed by atoms with Gasteiger partial charge in [-0.1, -0.05) is 0 Å².